The zero-order valence-corrected chi connectivity index (χ0v) is 15.1. The largest absolute Gasteiger partial charge is 0.352 e. The van der Waals surface area contributed by atoms with Gasteiger partial charge >= 0.3 is 0 Å². The number of nitrogens with one attached hydrogen (secondary N) is 1. The van der Waals surface area contributed by atoms with E-state index in [2.05, 4.69) is 20.4 Å². The number of piperazine rings is 1. The minimum atomic E-state index is -0.118. The molecule has 1 fully saturated rings. The Kier molecular flexibility index (Phi) is 5.46. The average Bonchev–Trinajstić information content (AvgIpc) is 2.62. The minimum Gasteiger partial charge on any atom is -0.352 e. The Morgan fingerprint density at radius 3 is 2.46 bits per heavy atom. The third kappa shape index (κ3) is 4.56. The Balaban J connectivity index is 1.54. The molecule has 1 N–H and O–H groups in total. The number of carbonyl (C=O) groups excluding carboxylic acids is 2. The lowest BCUT2D eigenvalue weighted by molar-refractivity contribution is -0.129. The second kappa shape index (κ2) is 7.95. The second-order valence-corrected chi connectivity index (χ2v) is 6.48. The minimum absolute atomic E-state index is 0.0994. The molecule has 0 radical (unpaired) electrons. The topological polar surface area (TPSA) is 78.4 Å². The van der Waals surface area contributed by atoms with Crippen molar-refractivity contribution >= 4 is 23.5 Å². The van der Waals surface area contributed by atoms with Crippen molar-refractivity contribution in [1.82, 2.24) is 15.1 Å². The molecule has 26 heavy (non-hydrogen) atoms. The first-order chi connectivity index (χ1) is 12.5. The van der Waals surface area contributed by atoms with Crippen LogP contribution in [0, 0.1) is 6.92 Å². The molecule has 1 aromatic heterocycles. The van der Waals surface area contributed by atoms with Crippen molar-refractivity contribution in [3.63, 3.8) is 0 Å². The molecule has 0 aliphatic carbocycles. The van der Waals surface area contributed by atoms with Crippen molar-refractivity contribution in [3.05, 3.63) is 47.5 Å². The number of nitrogens with zero attached hydrogens (tertiary/aromatic N) is 4. The summed E-state index contributed by atoms with van der Waals surface area (Å²) in [5.41, 5.74) is 2.10. The zero-order valence-electron chi connectivity index (χ0n) is 15.1. The van der Waals surface area contributed by atoms with Crippen LogP contribution in [0.15, 0.2) is 36.4 Å². The van der Waals surface area contributed by atoms with Crippen LogP contribution in [0.3, 0.4) is 0 Å². The van der Waals surface area contributed by atoms with Crippen LogP contribution in [0.5, 0.6) is 0 Å². The highest BCUT2D eigenvalue weighted by molar-refractivity contribution is 5.91. The summed E-state index contributed by atoms with van der Waals surface area (Å²) in [5, 5.41) is 11.1. The number of amides is 2. The molecule has 7 nitrogen and oxygen atoms in total. The molecular formula is C19H23N5O2. The third-order valence-corrected chi connectivity index (χ3v) is 4.41. The van der Waals surface area contributed by atoms with Gasteiger partial charge < -0.3 is 15.1 Å². The Bertz CT molecular complexity index is 783. The lowest BCUT2D eigenvalue weighted by atomic mass is 10.1. The Morgan fingerprint density at radius 2 is 1.85 bits per heavy atom. The number of carbonyl (C=O) groups is 2. The molecule has 0 spiro atoms. The van der Waals surface area contributed by atoms with Gasteiger partial charge in [-0.3, -0.25) is 9.59 Å². The standard InChI is InChI=1S/C19H23N5O2/c1-14-4-3-5-16(12-14)13-19(26)20-17-6-7-18(22-21-17)24-10-8-23(9-11-24)15(2)25/h3-7,12H,8-11,13H2,1-2H3,(H,20,21,26). The fourth-order valence-electron chi connectivity index (χ4n) is 3.01. The van der Waals surface area contributed by atoms with Crippen molar-refractivity contribution in [1.29, 1.82) is 0 Å². The van der Waals surface area contributed by atoms with Gasteiger partial charge in [-0.25, -0.2) is 0 Å². The molecule has 0 saturated carbocycles. The van der Waals surface area contributed by atoms with Crippen molar-refractivity contribution in [3.8, 4) is 0 Å². The average molecular weight is 353 g/mol. The van der Waals surface area contributed by atoms with Crippen LogP contribution in [-0.2, 0) is 16.0 Å². The van der Waals surface area contributed by atoms with E-state index in [0.29, 0.717) is 25.3 Å². The van der Waals surface area contributed by atoms with Crippen LogP contribution in [0.1, 0.15) is 18.1 Å². The quantitative estimate of drug-likeness (QED) is 0.904. The van der Waals surface area contributed by atoms with Gasteiger partial charge in [0.1, 0.15) is 0 Å². The van der Waals surface area contributed by atoms with Gasteiger partial charge in [0.2, 0.25) is 11.8 Å². The fourth-order valence-corrected chi connectivity index (χ4v) is 3.01. The van der Waals surface area contributed by atoms with Crippen LogP contribution in [0.2, 0.25) is 0 Å². The fraction of sp³-hybridized carbons (Fsp3) is 0.368. The summed E-state index contributed by atoms with van der Waals surface area (Å²) in [5.74, 6) is 1.17. The molecule has 0 unspecified atom stereocenters. The molecule has 1 aliphatic heterocycles. The second-order valence-electron chi connectivity index (χ2n) is 6.48. The number of benzene rings is 1. The van der Waals surface area contributed by atoms with Gasteiger partial charge in [0.15, 0.2) is 11.6 Å². The number of rotatable bonds is 4. The highest BCUT2D eigenvalue weighted by Gasteiger charge is 2.19. The van der Waals surface area contributed by atoms with Gasteiger partial charge in [-0.05, 0) is 24.6 Å². The van der Waals surface area contributed by atoms with E-state index in [1.54, 1.807) is 13.0 Å². The SMILES string of the molecule is CC(=O)N1CCN(c2ccc(NC(=O)Cc3cccc(C)c3)nn2)CC1. The van der Waals surface area contributed by atoms with Crippen molar-refractivity contribution < 1.29 is 9.59 Å². The van der Waals surface area contributed by atoms with Gasteiger partial charge in [-0.2, -0.15) is 0 Å². The van der Waals surface area contributed by atoms with E-state index in [9.17, 15) is 9.59 Å². The maximum atomic E-state index is 12.2. The predicted molar refractivity (Wildman–Crippen MR) is 100 cm³/mol. The molecule has 136 valence electrons. The molecule has 1 saturated heterocycles. The zero-order chi connectivity index (χ0) is 18.5. The summed E-state index contributed by atoms with van der Waals surface area (Å²) in [6.07, 6.45) is 0.304. The van der Waals surface area contributed by atoms with Gasteiger partial charge in [0, 0.05) is 33.1 Å². The molecule has 0 atom stereocenters. The van der Waals surface area contributed by atoms with E-state index < -0.39 is 0 Å². The first kappa shape index (κ1) is 17.8. The van der Waals surface area contributed by atoms with Crippen LogP contribution in [0.25, 0.3) is 0 Å². The molecule has 1 aromatic carbocycles. The number of hydrogen-bond acceptors (Lipinski definition) is 5. The first-order valence-electron chi connectivity index (χ1n) is 8.71. The Hall–Kier alpha value is -2.96. The van der Waals surface area contributed by atoms with Gasteiger partial charge in [0.05, 0.1) is 6.42 Å². The molecule has 7 heteroatoms. The lowest BCUT2D eigenvalue weighted by Crippen LogP contribution is -2.48. The number of aromatic nitrogens is 2. The van der Waals surface area contributed by atoms with Crippen LogP contribution < -0.4 is 10.2 Å². The van der Waals surface area contributed by atoms with Crippen LogP contribution >= 0.6 is 0 Å². The van der Waals surface area contributed by atoms with Crippen molar-refractivity contribution in [2.75, 3.05) is 36.4 Å². The number of anilines is 2. The molecule has 2 aromatic rings. The molecule has 1 aliphatic rings. The third-order valence-electron chi connectivity index (χ3n) is 4.41. The molecule has 2 amide bonds. The normalized spacial score (nSPS) is 14.2. The molecule has 0 bridgehead atoms. The highest BCUT2D eigenvalue weighted by Crippen LogP contribution is 2.15. The highest BCUT2D eigenvalue weighted by atomic mass is 16.2. The van der Waals surface area contributed by atoms with E-state index in [1.165, 1.54) is 0 Å². The summed E-state index contributed by atoms with van der Waals surface area (Å²) in [4.78, 5) is 27.4. The van der Waals surface area contributed by atoms with Crippen molar-refractivity contribution in [2.24, 2.45) is 0 Å². The molecular weight excluding hydrogens is 330 g/mol. The summed E-state index contributed by atoms with van der Waals surface area (Å²) in [7, 11) is 0. The lowest BCUT2D eigenvalue weighted by Gasteiger charge is -2.34. The monoisotopic (exact) mass is 353 g/mol. The first-order valence-corrected chi connectivity index (χ1v) is 8.71. The Labute approximate surface area is 153 Å². The van der Waals surface area contributed by atoms with E-state index in [0.717, 1.165) is 30.0 Å². The summed E-state index contributed by atoms with van der Waals surface area (Å²) in [6.45, 7) is 6.42. The summed E-state index contributed by atoms with van der Waals surface area (Å²) in [6, 6.07) is 11.5. The number of hydrogen-bond donors (Lipinski definition) is 1. The maximum absolute atomic E-state index is 12.2. The van der Waals surface area contributed by atoms with Crippen molar-refractivity contribution in [2.45, 2.75) is 20.3 Å². The van der Waals surface area contributed by atoms with Gasteiger partial charge in [0.25, 0.3) is 0 Å². The smallest absolute Gasteiger partial charge is 0.229 e. The molecule has 2 heterocycles. The van der Waals surface area contributed by atoms with Gasteiger partial charge in [-0.1, -0.05) is 29.8 Å². The maximum Gasteiger partial charge on any atom is 0.229 e. The summed E-state index contributed by atoms with van der Waals surface area (Å²) >= 11 is 0. The summed E-state index contributed by atoms with van der Waals surface area (Å²) < 4.78 is 0. The van der Waals surface area contributed by atoms with E-state index >= 15 is 0 Å². The van der Waals surface area contributed by atoms with E-state index in [4.69, 9.17) is 0 Å². The van der Waals surface area contributed by atoms with Crippen LogP contribution in [0.4, 0.5) is 11.6 Å². The van der Waals surface area contributed by atoms with Crippen LogP contribution in [-0.4, -0.2) is 53.1 Å². The Morgan fingerprint density at radius 1 is 1.08 bits per heavy atom. The predicted octanol–water partition coefficient (Wildman–Crippen LogP) is 1.63. The van der Waals surface area contributed by atoms with E-state index in [-0.39, 0.29) is 11.8 Å². The molecule has 3 rings (SSSR count). The van der Waals surface area contributed by atoms with Gasteiger partial charge in [-0.15, -0.1) is 10.2 Å². The number of aryl methyl sites for hydroxylation is 1. The van der Waals surface area contributed by atoms with E-state index in [1.807, 2.05) is 42.2 Å².